The van der Waals surface area contributed by atoms with Crippen molar-refractivity contribution in [1.29, 1.82) is 0 Å². The highest BCUT2D eigenvalue weighted by Gasteiger charge is 2.34. The van der Waals surface area contributed by atoms with Crippen LogP contribution in [-0.4, -0.2) is 56.6 Å². The molecule has 0 amide bonds. The van der Waals surface area contributed by atoms with Crippen LogP contribution in [0.25, 0.3) is 0 Å². The van der Waals surface area contributed by atoms with Gasteiger partial charge in [0.25, 0.3) is 0 Å². The van der Waals surface area contributed by atoms with Gasteiger partial charge >= 0.3 is 6.18 Å². The Hall–Kier alpha value is -1.38. The average molecular weight is 385 g/mol. The lowest BCUT2D eigenvalue weighted by Crippen LogP contribution is -2.45. The van der Waals surface area contributed by atoms with Gasteiger partial charge in [0.05, 0.1) is 19.8 Å². The summed E-state index contributed by atoms with van der Waals surface area (Å²) < 4.78 is 48.7. The van der Waals surface area contributed by atoms with Crippen molar-refractivity contribution in [1.82, 2.24) is 10.2 Å². The van der Waals surface area contributed by atoms with Crippen LogP contribution in [0, 0.1) is 0 Å². The molecule has 1 saturated heterocycles. The summed E-state index contributed by atoms with van der Waals surface area (Å²) >= 11 is 0. The normalized spacial score (nSPS) is 16.8. The van der Waals surface area contributed by atoms with Gasteiger partial charge in [-0.2, -0.15) is 13.2 Å². The van der Waals surface area contributed by atoms with E-state index in [1.807, 2.05) is 4.90 Å². The second kappa shape index (κ2) is 9.35. The summed E-state index contributed by atoms with van der Waals surface area (Å²) in [5.74, 6) is 0.609. The van der Waals surface area contributed by atoms with Gasteiger partial charge in [0.1, 0.15) is 17.2 Å². The molecule has 1 aliphatic heterocycles. The van der Waals surface area contributed by atoms with Gasteiger partial charge in [0.2, 0.25) is 0 Å². The zero-order valence-corrected chi connectivity index (χ0v) is 15.0. The van der Waals surface area contributed by atoms with Crippen LogP contribution in [0.3, 0.4) is 0 Å². The molecular formula is C16H24ClF3N2O3. The van der Waals surface area contributed by atoms with Gasteiger partial charge < -0.3 is 19.9 Å². The predicted octanol–water partition coefficient (Wildman–Crippen LogP) is 3.12. The van der Waals surface area contributed by atoms with Crippen LogP contribution in [0.1, 0.15) is 24.4 Å². The summed E-state index contributed by atoms with van der Waals surface area (Å²) in [6.45, 7) is 2.61. The number of rotatable bonds is 6. The zero-order chi connectivity index (χ0) is 17.7. The maximum absolute atomic E-state index is 12.8. The maximum atomic E-state index is 12.8. The lowest BCUT2D eigenvalue weighted by molar-refractivity contribution is -0.138. The zero-order valence-electron chi connectivity index (χ0n) is 14.2. The molecule has 1 atom stereocenters. The number of aromatic hydroxyl groups is 1. The number of ether oxygens (including phenoxy) is 2. The fourth-order valence-electron chi connectivity index (χ4n) is 3.01. The van der Waals surface area contributed by atoms with E-state index in [1.165, 1.54) is 20.3 Å². The monoisotopic (exact) mass is 384 g/mol. The van der Waals surface area contributed by atoms with Gasteiger partial charge in [-0.05, 0) is 6.42 Å². The molecule has 0 bridgehead atoms. The smallest absolute Gasteiger partial charge is 0.389 e. The van der Waals surface area contributed by atoms with E-state index in [1.54, 1.807) is 6.07 Å². The van der Waals surface area contributed by atoms with Crippen LogP contribution in [0.15, 0.2) is 12.1 Å². The highest BCUT2D eigenvalue weighted by atomic mass is 35.5. The number of methoxy groups -OCH3 is 2. The van der Waals surface area contributed by atoms with Crippen molar-refractivity contribution in [2.45, 2.75) is 25.1 Å². The van der Waals surface area contributed by atoms with Crippen molar-refractivity contribution in [3.8, 4) is 17.2 Å². The van der Waals surface area contributed by atoms with E-state index in [-0.39, 0.29) is 24.6 Å². The van der Waals surface area contributed by atoms with Crippen molar-refractivity contribution < 1.29 is 27.8 Å². The minimum absolute atomic E-state index is 0. The molecule has 1 heterocycles. The molecule has 144 valence electrons. The number of hydrogen-bond donors (Lipinski definition) is 2. The number of phenols is 1. The van der Waals surface area contributed by atoms with Crippen molar-refractivity contribution in [2.24, 2.45) is 0 Å². The Bertz CT molecular complexity index is 552. The minimum Gasteiger partial charge on any atom is -0.507 e. The van der Waals surface area contributed by atoms with E-state index < -0.39 is 18.6 Å². The molecule has 0 unspecified atom stereocenters. The third-order valence-electron chi connectivity index (χ3n) is 4.18. The largest absolute Gasteiger partial charge is 0.507 e. The maximum Gasteiger partial charge on any atom is 0.389 e. The highest BCUT2D eigenvalue weighted by Crippen LogP contribution is 2.43. The summed E-state index contributed by atoms with van der Waals surface area (Å²) in [4.78, 5) is 1.95. The highest BCUT2D eigenvalue weighted by molar-refractivity contribution is 5.85. The van der Waals surface area contributed by atoms with E-state index >= 15 is 0 Å². The lowest BCUT2D eigenvalue weighted by atomic mass is 9.97. The van der Waals surface area contributed by atoms with E-state index in [0.717, 1.165) is 0 Å². The molecular weight excluding hydrogens is 361 g/mol. The number of piperazine rings is 1. The van der Waals surface area contributed by atoms with E-state index in [4.69, 9.17) is 9.47 Å². The van der Waals surface area contributed by atoms with E-state index in [2.05, 4.69) is 5.32 Å². The van der Waals surface area contributed by atoms with Crippen LogP contribution < -0.4 is 14.8 Å². The SMILES string of the molecule is COc1cc(O)c([C@H](CCC(F)(F)F)N2CCNCC2)c(OC)c1.Cl. The molecule has 1 aromatic carbocycles. The number of alkyl halides is 3. The van der Waals surface area contributed by atoms with Gasteiger partial charge in [0, 0.05) is 50.8 Å². The molecule has 1 fully saturated rings. The summed E-state index contributed by atoms with van der Waals surface area (Å²) in [5.41, 5.74) is 0.379. The second-order valence-electron chi connectivity index (χ2n) is 5.72. The Balaban J connectivity index is 0.00000312. The molecule has 9 heteroatoms. The number of phenolic OH excluding ortho intramolecular Hbond substituents is 1. The van der Waals surface area contributed by atoms with Gasteiger partial charge in [-0.25, -0.2) is 0 Å². The first kappa shape index (κ1) is 21.7. The number of benzene rings is 1. The molecule has 25 heavy (non-hydrogen) atoms. The third-order valence-corrected chi connectivity index (χ3v) is 4.18. The summed E-state index contributed by atoms with van der Waals surface area (Å²) in [6.07, 6.45) is -5.31. The number of hydrogen-bond acceptors (Lipinski definition) is 5. The van der Waals surface area contributed by atoms with Gasteiger partial charge in [-0.3, -0.25) is 4.90 Å². The molecule has 0 spiro atoms. The van der Waals surface area contributed by atoms with Crippen molar-refractivity contribution >= 4 is 12.4 Å². The number of nitrogens with zero attached hydrogens (tertiary/aromatic N) is 1. The van der Waals surface area contributed by atoms with E-state index in [9.17, 15) is 18.3 Å². The van der Waals surface area contributed by atoms with Crippen LogP contribution in [0.2, 0.25) is 0 Å². The second-order valence-corrected chi connectivity index (χ2v) is 5.72. The number of nitrogens with one attached hydrogen (secondary N) is 1. The topological polar surface area (TPSA) is 54.0 Å². The summed E-state index contributed by atoms with van der Waals surface area (Å²) in [5, 5.41) is 13.6. The van der Waals surface area contributed by atoms with Crippen molar-refractivity contribution in [3.05, 3.63) is 17.7 Å². The predicted molar refractivity (Wildman–Crippen MR) is 90.9 cm³/mol. The van der Waals surface area contributed by atoms with Gasteiger partial charge in [-0.15, -0.1) is 12.4 Å². The summed E-state index contributed by atoms with van der Waals surface area (Å²) in [6, 6.07) is 2.41. The van der Waals surface area contributed by atoms with E-state index in [0.29, 0.717) is 43.2 Å². The van der Waals surface area contributed by atoms with Gasteiger partial charge in [0.15, 0.2) is 0 Å². The average Bonchev–Trinajstić information content (AvgIpc) is 2.55. The molecule has 1 aliphatic rings. The Morgan fingerprint density at radius 3 is 2.36 bits per heavy atom. The Morgan fingerprint density at radius 2 is 1.84 bits per heavy atom. The van der Waals surface area contributed by atoms with Crippen molar-refractivity contribution in [2.75, 3.05) is 40.4 Å². The standard InChI is InChI=1S/C16H23F3N2O3.ClH/c1-23-11-9-13(22)15(14(10-11)24-2)12(3-4-16(17,18)19)21-7-5-20-6-8-21;/h9-10,12,20,22H,3-8H2,1-2H3;1H/t12-;/m0./s1. The molecule has 0 saturated carbocycles. The minimum atomic E-state index is -4.25. The fourth-order valence-corrected chi connectivity index (χ4v) is 3.01. The van der Waals surface area contributed by atoms with Crippen molar-refractivity contribution in [3.63, 3.8) is 0 Å². The Kier molecular flexibility index (Phi) is 8.11. The molecule has 2 N–H and O–H groups in total. The Morgan fingerprint density at radius 1 is 1.20 bits per heavy atom. The molecule has 1 aromatic rings. The number of halogens is 4. The van der Waals surface area contributed by atoms with Crippen LogP contribution in [-0.2, 0) is 0 Å². The molecule has 2 rings (SSSR count). The van der Waals surface area contributed by atoms with Crippen LogP contribution in [0.5, 0.6) is 17.2 Å². The van der Waals surface area contributed by atoms with Crippen LogP contribution >= 0.6 is 12.4 Å². The summed E-state index contributed by atoms with van der Waals surface area (Å²) in [7, 11) is 2.88. The molecule has 5 nitrogen and oxygen atoms in total. The molecule has 0 radical (unpaired) electrons. The van der Waals surface area contributed by atoms with Crippen LogP contribution in [0.4, 0.5) is 13.2 Å². The quantitative estimate of drug-likeness (QED) is 0.789. The molecule has 0 aromatic heterocycles. The first-order valence-corrected chi connectivity index (χ1v) is 7.82. The fraction of sp³-hybridized carbons (Fsp3) is 0.625. The first-order valence-electron chi connectivity index (χ1n) is 7.82. The first-order chi connectivity index (χ1) is 11.4. The lowest BCUT2D eigenvalue weighted by Gasteiger charge is -2.36. The Labute approximate surface area is 151 Å². The third kappa shape index (κ3) is 5.83. The van der Waals surface area contributed by atoms with Gasteiger partial charge in [-0.1, -0.05) is 0 Å². The molecule has 0 aliphatic carbocycles.